The lowest BCUT2D eigenvalue weighted by atomic mass is 9.43. The average Bonchev–Trinajstić information content (AvgIpc) is 3.14. The summed E-state index contributed by atoms with van der Waals surface area (Å²) in [4.78, 5) is 11.3. The molecule has 14 heteroatoms. The smallest absolute Gasteiger partial charge is 0.303 e. The van der Waals surface area contributed by atoms with Crippen LogP contribution in [-0.4, -0.2) is 73.4 Å². The SMILES string of the molecule is C[C@H](CCC(=O)O)[C@H]1CC[C@H]2[C@@H]3C(OS(C)(=O)=O)CC4CC(OS(C)(=O)=O)CC[C@]4(C)[C@H]3CC(OS(C)(=O)=O)[C@]12C. The van der Waals surface area contributed by atoms with Crippen molar-refractivity contribution in [1.29, 1.82) is 0 Å². The van der Waals surface area contributed by atoms with Crippen LogP contribution in [0.15, 0.2) is 0 Å². The van der Waals surface area contributed by atoms with Crippen LogP contribution in [0.2, 0.25) is 0 Å². The number of hydrogen-bond donors (Lipinski definition) is 1. The molecule has 11 nitrogen and oxygen atoms in total. The third-order valence-corrected chi connectivity index (χ3v) is 13.0. The Labute approximate surface area is 245 Å². The molecule has 4 fully saturated rings. The standard InChI is InChI=1S/C27H46O11S3/c1-16(7-10-24(28)29)19-8-9-20-25-21(15-23(27(19,20)3)38-41(6,34)35)26(2)12-11-18(36-39(4,30)31)13-17(26)14-22(25)37-40(5,32)33/h16-23,25H,7-15H2,1-6H3,(H,28,29)/t16-,17?,18?,19-,20+,21+,22?,23?,25+,26+,27-/m1/s1. The number of rotatable bonds is 10. The Balaban J connectivity index is 1.77. The third-order valence-electron chi connectivity index (χ3n) is 11.2. The van der Waals surface area contributed by atoms with Crippen molar-refractivity contribution in [3.05, 3.63) is 0 Å². The molecule has 41 heavy (non-hydrogen) atoms. The molecule has 4 saturated carbocycles. The molecule has 11 atom stereocenters. The Morgan fingerprint density at radius 1 is 0.854 bits per heavy atom. The lowest BCUT2D eigenvalue weighted by Crippen LogP contribution is -2.63. The van der Waals surface area contributed by atoms with Crippen molar-refractivity contribution >= 4 is 36.3 Å². The van der Waals surface area contributed by atoms with Crippen molar-refractivity contribution in [2.45, 2.75) is 96.9 Å². The molecule has 0 aromatic rings. The second-order valence-corrected chi connectivity index (χ2v) is 18.6. The molecule has 0 heterocycles. The summed E-state index contributed by atoms with van der Waals surface area (Å²) in [5.41, 5.74) is -0.964. The van der Waals surface area contributed by atoms with Gasteiger partial charge in [0.15, 0.2) is 0 Å². The Morgan fingerprint density at radius 2 is 1.46 bits per heavy atom. The van der Waals surface area contributed by atoms with E-state index in [0.717, 1.165) is 31.6 Å². The maximum atomic E-state index is 12.6. The highest BCUT2D eigenvalue weighted by molar-refractivity contribution is 7.86. The molecule has 0 aromatic heterocycles. The summed E-state index contributed by atoms with van der Waals surface area (Å²) in [6.45, 7) is 6.21. The molecular formula is C27H46O11S3. The highest BCUT2D eigenvalue weighted by Crippen LogP contribution is 2.69. The largest absolute Gasteiger partial charge is 0.481 e. The van der Waals surface area contributed by atoms with Crippen LogP contribution in [0.1, 0.15) is 78.6 Å². The summed E-state index contributed by atoms with van der Waals surface area (Å²) in [6.07, 6.45) is 5.65. The van der Waals surface area contributed by atoms with Crippen LogP contribution in [0.5, 0.6) is 0 Å². The molecule has 0 bridgehead atoms. The average molecular weight is 643 g/mol. The van der Waals surface area contributed by atoms with Gasteiger partial charge in [0.1, 0.15) is 0 Å². The molecule has 0 spiro atoms. The van der Waals surface area contributed by atoms with Crippen molar-refractivity contribution < 1.29 is 47.7 Å². The summed E-state index contributed by atoms with van der Waals surface area (Å²) in [7, 11) is -11.3. The first-order valence-electron chi connectivity index (χ1n) is 14.5. The summed E-state index contributed by atoms with van der Waals surface area (Å²) in [6, 6.07) is 0. The third kappa shape index (κ3) is 6.97. The Kier molecular flexibility index (Phi) is 9.11. The predicted molar refractivity (Wildman–Crippen MR) is 151 cm³/mol. The molecule has 0 radical (unpaired) electrons. The van der Waals surface area contributed by atoms with E-state index in [9.17, 15) is 35.2 Å². The van der Waals surface area contributed by atoms with E-state index in [2.05, 4.69) is 6.92 Å². The molecular weight excluding hydrogens is 596 g/mol. The monoisotopic (exact) mass is 642 g/mol. The number of hydrogen-bond acceptors (Lipinski definition) is 10. The first kappa shape index (κ1) is 33.1. The van der Waals surface area contributed by atoms with Crippen LogP contribution in [0, 0.1) is 46.3 Å². The summed E-state index contributed by atoms with van der Waals surface area (Å²) < 4.78 is 91.1. The fraction of sp³-hybridized carbons (Fsp3) is 0.963. The van der Waals surface area contributed by atoms with Gasteiger partial charge in [-0.05, 0) is 92.3 Å². The van der Waals surface area contributed by atoms with E-state index in [0.29, 0.717) is 38.5 Å². The van der Waals surface area contributed by atoms with Crippen LogP contribution < -0.4 is 0 Å². The Bertz CT molecular complexity index is 1330. The van der Waals surface area contributed by atoms with Gasteiger partial charge >= 0.3 is 5.97 Å². The molecule has 4 aliphatic carbocycles. The highest BCUT2D eigenvalue weighted by Gasteiger charge is 2.67. The highest BCUT2D eigenvalue weighted by atomic mass is 32.2. The zero-order chi connectivity index (χ0) is 30.8. The minimum atomic E-state index is -3.84. The first-order valence-corrected chi connectivity index (χ1v) is 20.0. The Morgan fingerprint density at radius 3 is 2.02 bits per heavy atom. The second kappa shape index (κ2) is 11.3. The van der Waals surface area contributed by atoms with Gasteiger partial charge < -0.3 is 5.11 Å². The zero-order valence-electron chi connectivity index (χ0n) is 24.8. The zero-order valence-corrected chi connectivity index (χ0v) is 27.3. The molecule has 4 unspecified atom stereocenters. The van der Waals surface area contributed by atoms with E-state index in [4.69, 9.17) is 12.5 Å². The van der Waals surface area contributed by atoms with Crippen molar-refractivity contribution in [3.63, 3.8) is 0 Å². The van der Waals surface area contributed by atoms with Crippen molar-refractivity contribution in [3.8, 4) is 0 Å². The molecule has 4 aliphatic rings. The fourth-order valence-electron chi connectivity index (χ4n) is 9.63. The van der Waals surface area contributed by atoms with Gasteiger partial charge in [-0.25, -0.2) is 0 Å². The van der Waals surface area contributed by atoms with Crippen LogP contribution >= 0.6 is 0 Å². The van der Waals surface area contributed by atoms with E-state index in [1.807, 2.05) is 13.8 Å². The van der Waals surface area contributed by atoms with Gasteiger partial charge in [0.05, 0.1) is 37.1 Å². The lowest BCUT2D eigenvalue weighted by Gasteiger charge is -2.64. The van der Waals surface area contributed by atoms with Crippen molar-refractivity contribution in [2.24, 2.45) is 46.3 Å². The number of carboxylic acid groups (broad SMARTS) is 1. The molecule has 0 aliphatic heterocycles. The minimum absolute atomic E-state index is 0.00640. The number of carbonyl (C=O) groups is 1. The molecule has 0 aromatic carbocycles. The van der Waals surface area contributed by atoms with Gasteiger partial charge in [0.25, 0.3) is 30.4 Å². The molecule has 0 amide bonds. The predicted octanol–water partition coefficient (Wildman–Crippen LogP) is 3.40. The van der Waals surface area contributed by atoms with Crippen LogP contribution in [-0.2, 0) is 47.7 Å². The van der Waals surface area contributed by atoms with Gasteiger partial charge in [-0.1, -0.05) is 20.8 Å². The van der Waals surface area contributed by atoms with E-state index < -0.39 is 60.1 Å². The maximum Gasteiger partial charge on any atom is 0.303 e. The topological polar surface area (TPSA) is 167 Å². The molecule has 4 rings (SSSR count). The van der Waals surface area contributed by atoms with E-state index >= 15 is 0 Å². The minimum Gasteiger partial charge on any atom is -0.481 e. The summed E-state index contributed by atoms with van der Waals surface area (Å²) in [5.74, 6) is -1.39. The number of aliphatic carboxylic acids is 1. The second-order valence-electron chi connectivity index (χ2n) is 13.7. The van der Waals surface area contributed by atoms with Crippen molar-refractivity contribution in [1.82, 2.24) is 0 Å². The normalized spacial score (nSPS) is 42.1. The quantitative estimate of drug-likeness (QED) is 0.347. The molecule has 1 N–H and O–H groups in total. The van der Waals surface area contributed by atoms with E-state index in [-0.39, 0.29) is 47.3 Å². The summed E-state index contributed by atoms with van der Waals surface area (Å²) >= 11 is 0. The summed E-state index contributed by atoms with van der Waals surface area (Å²) in [5, 5.41) is 9.30. The van der Waals surface area contributed by atoms with Gasteiger partial charge in [0.2, 0.25) is 0 Å². The molecule has 238 valence electrons. The van der Waals surface area contributed by atoms with E-state index in [1.165, 1.54) is 0 Å². The van der Waals surface area contributed by atoms with Crippen LogP contribution in [0.4, 0.5) is 0 Å². The van der Waals surface area contributed by atoms with Crippen LogP contribution in [0.25, 0.3) is 0 Å². The van der Waals surface area contributed by atoms with Crippen LogP contribution in [0.3, 0.4) is 0 Å². The van der Waals surface area contributed by atoms with E-state index in [1.54, 1.807) is 0 Å². The number of fused-ring (bicyclic) bond motifs is 5. The lowest BCUT2D eigenvalue weighted by molar-refractivity contribution is -0.194. The first-order chi connectivity index (χ1) is 18.6. The Hall–Kier alpha value is -0.800. The van der Waals surface area contributed by atoms with Gasteiger partial charge in [0, 0.05) is 11.8 Å². The van der Waals surface area contributed by atoms with Gasteiger partial charge in [-0.2, -0.15) is 25.3 Å². The van der Waals surface area contributed by atoms with Gasteiger partial charge in [-0.3, -0.25) is 17.3 Å². The number of carboxylic acids is 1. The maximum absolute atomic E-state index is 12.6. The van der Waals surface area contributed by atoms with Gasteiger partial charge in [-0.15, -0.1) is 0 Å². The molecule has 0 saturated heterocycles. The van der Waals surface area contributed by atoms with Crippen molar-refractivity contribution in [2.75, 3.05) is 18.8 Å². The fourth-order valence-corrected chi connectivity index (χ4v) is 11.7.